The minimum absolute atomic E-state index is 0.756. The number of hydrogen-bond acceptors (Lipinski definition) is 2. The molecule has 0 bridgehead atoms. The Balaban J connectivity index is 1.43. The molecule has 0 saturated heterocycles. The lowest BCUT2D eigenvalue weighted by Gasteiger charge is -2.10. The van der Waals surface area contributed by atoms with Crippen molar-refractivity contribution in [3.8, 4) is 22.3 Å². The lowest BCUT2D eigenvalue weighted by atomic mass is 9.95. The third-order valence-corrected chi connectivity index (χ3v) is 9.51. The summed E-state index contributed by atoms with van der Waals surface area (Å²) < 4.78 is 9.94. The molecule has 0 aliphatic carbocycles. The van der Waals surface area contributed by atoms with Gasteiger partial charge in [0.05, 0.1) is 0 Å². The van der Waals surface area contributed by atoms with Gasteiger partial charge in [0.25, 0.3) is 0 Å². The van der Waals surface area contributed by atoms with Crippen LogP contribution in [-0.4, -0.2) is 0 Å². The van der Waals surface area contributed by atoms with Crippen molar-refractivity contribution in [3.05, 3.63) is 119 Å². The number of hydrogen-bond donors (Lipinski definition) is 0. The van der Waals surface area contributed by atoms with Gasteiger partial charge < -0.3 is 4.42 Å². The average Bonchev–Trinajstić information content (AvgIpc) is 3.51. The molecule has 0 unspecified atom stereocenters. The summed E-state index contributed by atoms with van der Waals surface area (Å²) in [7, 11) is 0. The highest BCUT2D eigenvalue weighted by Gasteiger charge is 2.18. The summed E-state index contributed by atoms with van der Waals surface area (Å²) in [6.07, 6.45) is 0. The van der Waals surface area contributed by atoms with Crippen molar-refractivity contribution in [2.75, 3.05) is 0 Å². The van der Waals surface area contributed by atoms with E-state index in [2.05, 4.69) is 119 Å². The topological polar surface area (TPSA) is 13.1 Å². The van der Waals surface area contributed by atoms with Crippen LogP contribution in [-0.2, 0) is 0 Å². The van der Waals surface area contributed by atoms with E-state index in [1.165, 1.54) is 30.9 Å². The first-order chi connectivity index (χ1) is 18.7. The van der Waals surface area contributed by atoms with E-state index in [4.69, 9.17) is 16.0 Å². The van der Waals surface area contributed by atoms with Crippen molar-refractivity contribution in [2.45, 2.75) is 0 Å². The van der Waals surface area contributed by atoms with Gasteiger partial charge in [-0.25, -0.2) is 0 Å². The van der Waals surface area contributed by atoms with Crippen LogP contribution in [0.2, 0.25) is 5.02 Å². The summed E-state index contributed by atoms with van der Waals surface area (Å²) in [5.41, 5.74) is 6.21. The number of thiophene rings is 1. The SMILES string of the molecule is Clc1ccc2sc3ccccc3c2c1-c1ccc2oc3cccc(-c4cc(Br)c5ccccc5c4)c3c2c1. The van der Waals surface area contributed by atoms with Gasteiger partial charge in [0.1, 0.15) is 11.2 Å². The summed E-state index contributed by atoms with van der Waals surface area (Å²) in [6, 6.07) is 38.4. The number of furan rings is 1. The molecule has 180 valence electrons. The zero-order chi connectivity index (χ0) is 25.4. The van der Waals surface area contributed by atoms with Gasteiger partial charge in [-0.3, -0.25) is 0 Å². The minimum Gasteiger partial charge on any atom is -0.456 e. The lowest BCUT2D eigenvalue weighted by molar-refractivity contribution is 0.669. The molecule has 0 atom stereocenters. The second-order valence-electron chi connectivity index (χ2n) is 9.56. The first-order valence-electron chi connectivity index (χ1n) is 12.4. The Morgan fingerprint density at radius 1 is 0.605 bits per heavy atom. The summed E-state index contributed by atoms with van der Waals surface area (Å²) in [5, 5.41) is 7.81. The molecule has 2 heterocycles. The maximum absolute atomic E-state index is 6.91. The summed E-state index contributed by atoms with van der Waals surface area (Å²) in [5.74, 6) is 0. The normalized spacial score (nSPS) is 11.9. The van der Waals surface area contributed by atoms with Crippen LogP contribution in [0, 0.1) is 0 Å². The van der Waals surface area contributed by atoms with Crippen LogP contribution in [0.1, 0.15) is 0 Å². The third-order valence-electron chi connectivity index (χ3n) is 7.40. The zero-order valence-corrected chi connectivity index (χ0v) is 23.1. The van der Waals surface area contributed by atoms with Crippen molar-refractivity contribution in [1.29, 1.82) is 0 Å². The van der Waals surface area contributed by atoms with Crippen LogP contribution in [0.25, 0.3) is 75.1 Å². The van der Waals surface area contributed by atoms with Crippen molar-refractivity contribution in [2.24, 2.45) is 0 Å². The standard InChI is InChI=1S/C34H18BrClOS/c35-26-18-21(16-19-6-1-2-7-22(19)26)23-9-5-10-29-33(23)25-17-20(12-14-28(25)37-29)32-27(36)13-15-31-34(32)24-8-3-4-11-30(24)38-31/h1-18H. The van der Waals surface area contributed by atoms with Gasteiger partial charge in [0.2, 0.25) is 0 Å². The van der Waals surface area contributed by atoms with Gasteiger partial charge in [-0.15, -0.1) is 11.3 Å². The molecule has 0 aliphatic rings. The van der Waals surface area contributed by atoms with E-state index < -0.39 is 0 Å². The predicted octanol–water partition coefficient (Wildman–Crippen LogP) is 11.9. The van der Waals surface area contributed by atoms with Crippen molar-refractivity contribution >= 4 is 91.8 Å². The Kier molecular flexibility index (Phi) is 4.97. The van der Waals surface area contributed by atoms with E-state index in [0.717, 1.165) is 53.7 Å². The van der Waals surface area contributed by atoms with E-state index in [1.807, 2.05) is 17.4 Å². The fourth-order valence-corrected chi connectivity index (χ4v) is 7.70. The lowest BCUT2D eigenvalue weighted by Crippen LogP contribution is -1.84. The monoisotopic (exact) mass is 588 g/mol. The minimum atomic E-state index is 0.756. The van der Waals surface area contributed by atoms with Gasteiger partial charge in [-0.1, -0.05) is 88.2 Å². The average molecular weight is 590 g/mol. The van der Waals surface area contributed by atoms with Crippen LogP contribution in [0.15, 0.2) is 118 Å². The number of rotatable bonds is 2. The van der Waals surface area contributed by atoms with E-state index in [1.54, 1.807) is 0 Å². The molecule has 0 radical (unpaired) electrons. The van der Waals surface area contributed by atoms with Gasteiger partial charge in [0, 0.05) is 46.0 Å². The van der Waals surface area contributed by atoms with E-state index in [0.29, 0.717) is 0 Å². The second kappa shape index (κ2) is 8.44. The highest BCUT2D eigenvalue weighted by molar-refractivity contribution is 9.10. The predicted molar refractivity (Wildman–Crippen MR) is 168 cm³/mol. The highest BCUT2D eigenvalue weighted by Crippen LogP contribution is 2.45. The quantitative estimate of drug-likeness (QED) is 0.195. The molecule has 0 fully saturated rings. The molecule has 2 aromatic heterocycles. The summed E-state index contributed by atoms with van der Waals surface area (Å²) in [4.78, 5) is 0. The Hall–Kier alpha value is -3.63. The zero-order valence-electron chi connectivity index (χ0n) is 20.0. The molecule has 8 rings (SSSR count). The van der Waals surface area contributed by atoms with E-state index in [9.17, 15) is 0 Å². The van der Waals surface area contributed by atoms with Crippen molar-refractivity contribution in [1.82, 2.24) is 0 Å². The molecule has 0 amide bonds. The molecule has 4 heteroatoms. The number of fused-ring (bicyclic) bond motifs is 7. The fourth-order valence-electron chi connectivity index (χ4n) is 5.72. The van der Waals surface area contributed by atoms with E-state index >= 15 is 0 Å². The van der Waals surface area contributed by atoms with Gasteiger partial charge in [-0.05, 0) is 76.0 Å². The first kappa shape index (κ1) is 22.4. The molecule has 0 saturated carbocycles. The Morgan fingerprint density at radius 3 is 2.37 bits per heavy atom. The Morgan fingerprint density at radius 2 is 1.45 bits per heavy atom. The maximum Gasteiger partial charge on any atom is 0.136 e. The van der Waals surface area contributed by atoms with Crippen LogP contribution >= 0.6 is 38.9 Å². The Bertz CT molecular complexity index is 2220. The first-order valence-corrected chi connectivity index (χ1v) is 14.4. The largest absolute Gasteiger partial charge is 0.456 e. The fraction of sp³-hybridized carbons (Fsp3) is 0. The molecule has 0 N–H and O–H groups in total. The van der Waals surface area contributed by atoms with Gasteiger partial charge in [-0.2, -0.15) is 0 Å². The second-order valence-corrected chi connectivity index (χ2v) is 11.9. The third kappa shape index (κ3) is 3.29. The molecule has 0 aliphatic heterocycles. The smallest absolute Gasteiger partial charge is 0.136 e. The number of benzene rings is 6. The van der Waals surface area contributed by atoms with Gasteiger partial charge >= 0.3 is 0 Å². The highest BCUT2D eigenvalue weighted by atomic mass is 79.9. The van der Waals surface area contributed by atoms with E-state index in [-0.39, 0.29) is 0 Å². The molecular weight excluding hydrogens is 572 g/mol. The molecule has 8 aromatic rings. The summed E-state index contributed by atoms with van der Waals surface area (Å²) >= 11 is 12.5. The molecule has 6 aromatic carbocycles. The molecule has 0 spiro atoms. The van der Waals surface area contributed by atoms with Crippen LogP contribution in [0.4, 0.5) is 0 Å². The Labute approximate surface area is 236 Å². The van der Waals surface area contributed by atoms with Crippen molar-refractivity contribution in [3.63, 3.8) is 0 Å². The van der Waals surface area contributed by atoms with Crippen LogP contribution < -0.4 is 0 Å². The summed E-state index contributed by atoms with van der Waals surface area (Å²) in [6.45, 7) is 0. The van der Waals surface area contributed by atoms with Gasteiger partial charge in [0.15, 0.2) is 0 Å². The van der Waals surface area contributed by atoms with Crippen molar-refractivity contribution < 1.29 is 4.42 Å². The molecule has 1 nitrogen and oxygen atoms in total. The molecular formula is C34H18BrClOS. The number of halogens is 2. The maximum atomic E-state index is 6.91. The molecule has 38 heavy (non-hydrogen) atoms. The van der Waals surface area contributed by atoms with Crippen LogP contribution in [0.3, 0.4) is 0 Å². The van der Waals surface area contributed by atoms with Crippen LogP contribution in [0.5, 0.6) is 0 Å².